The minimum atomic E-state index is -3.69. The predicted molar refractivity (Wildman–Crippen MR) is 109 cm³/mol. The number of rotatable bonds is 5. The summed E-state index contributed by atoms with van der Waals surface area (Å²) in [5.74, 6) is -0.141. The van der Waals surface area contributed by atoms with Crippen molar-refractivity contribution in [2.24, 2.45) is 0 Å². The normalized spacial score (nSPS) is 15.0. The highest BCUT2D eigenvalue weighted by molar-refractivity contribution is 7.89. The van der Waals surface area contributed by atoms with E-state index < -0.39 is 10.0 Å². The van der Waals surface area contributed by atoms with E-state index in [1.165, 1.54) is 6.20 Å². The summed E-state index contributed by atoms with van der Waals surface area (Å²) >= 11 is 0. The Morgan fingerprint density at radius 2 is 1.93 bits per heavy atom. The summed E-state index contributed by atoms with van der Waals surface area (Å²) in [6, 6.07) is 15.9. The zero-order valence-corrected chi connectivity index (χ0v) is 16.8. The van der Waals surface area contributed by atoms with Crippen LogP contribution in [0.2, 0.25) is 0 Å². The molecule has 1 aliphatic heterocycles. The van der Waals surface area contributed by atoms with Crippen molar-refractivity contribution in [1.82, 2.24) is 19.8 Å². The van der Waals surface area contributed by atoms with E-state index in [1.807, 2.05) is 43.3 Å². The van der Waals surface area contributed by atoms with Gasteiger partial charge in [0, 0.05) is 25.3 Å². The number of aromatic amines is 1. The van der Waals surface area contributed by atoms with Crippen molar-refractivity contribution < 1.29 is 13.2 Å². The highest BCUT2D eigenvalue weighted by atomic mass is 32.2. The zero-order chi connectivity index (χ0) is 20.4. The Kier molecular flexibility index (Phi) is 5.21. The van der Waals surface area contributed by atoms with Crippen LogP contribution in [0.4, 0.5) is 0 Å². The van der Waals surface area contributed by atoms with Crippen molar-refractivity contribution in [3.8, 4) is 0 Å². The van der Waals surface area contributed by atoms with Gasteiger partial charge in [-0.05, 0) is 48.2 Å². The third-order valence-corrected chi connectivity index (χ3v) is 6.69. The van der Waals surface area contributed by atoms with Gasteiger partial charge in [-0.25, -0.2) is 13.1 Å². The lowest BCUT2D eigenvalue weighted by Gasteiger charge is -2.29. The van der Waals surface area contributed by atoms with Crippen molar-refractivity contribution in [3.63, 3.8) is 0 Å². The smallest absolute Gasteiger partial charge is 0.272 e. The number of nitrogens with one attached hydrogen (secondary N) is 2. The lowest BCUT2D eigenvalue weighted by atomic mass is 9.99. The number of H-pyrrole nitrogens is 1. The van der Waals surface area contributed by atoms with Crippen LogP contribution < -0.4 is 4.72 Å². The molecule has 0 radical (unpaired) electrons. The molecule has 29 heavy (non-hydrogen) atoms. The summed E-state index contributed by atoms with van der Waals surface area (Å²) in [7, 11) is -3.69. The maximum absolute atomic E-state index is 12.9. The number of amides is 1. The van der Waals surface area contributed by atoms with Gasteiger partial charge in [0.2, 0.25) is 10.0 Å². The van der Waals surface area contributed by atoms with Gasteiger partial charge < -0.3 is 4.90 Å². The third-order valence-electron chi connectivity index (χ3n) is 5.15. The van der Waals surface area contributed by atoms with Gasteiger partial charge in [0.15, 0.2) is 0 Å². The maximum Gasteiger partial charge on any atom is 0.272 e. The second-order valence-corrected chi connectivity index (χ2v) is 8.85. The van der Waals surface area contributed by atoms with Gasteiger partial charge in [-0.1, -0.05) is 36.4 Å². The van der Waals surface area contributed by atoms with Gasteiger partial charge >= 0.3 is 0 Å². The Hall–Kier alpha value is -2.97. The molecule has 150 valence electrons. The van der Waals surface area contributed by atoms with Crippen LogP contribution in [0.25, 0.3) is 0 Å². The second kappa shape index (κ2) is 7.81. The lowest BCUT2D eigenvalue weighted by Crippen LogP contribution is -2.36. The molecule has 0 bridgehead atoms. The average Bonchev–Trinajstić information content (AvgIpc) is 3.27. The predicted octanol–water partition coefficient (Wildman–Crippen LogP) is 2.65. The number of hydrogen-bond acceptors (Lipinski definition) is 4. The SMILES string of the molecule is C[C@@H](NS(=O)(=O)c1ccc2c(c1)CN(C(=O)c1ccn[nH]1)CC2)c1ccccc1. The topological polar surface area (TPSA) is 95.2 Å². The molecule has 2 N–H and O–H groups in total. The summed E-state index contributed by atoms with van der Waals surface area (Å²) in [5, 5.41) is 6.51. The highest BCUT2D eigenvalue weighted by Crippen LogP contribution is 2.24. The molecule has 0 saturated carbocycles. The maximum atomic E-state index is 12.9. The number of aromatic nitrogens is 2. The van der Waals surface area contributed by atoms with Crippen LogP contribution in [0.5, 0.6) is 0 Å². The number of carbonyl (C=O) groups excluding carboxylic acids is 1. The van der Waals surface area contributed by atoms with Crippen LogP contribution >= 0.6 is 0 Å². The fourth-order valence-electron chi connectivity index (χ4n) is 3.53. The molecular weight excluding hydrogens is 388 g/mol. The first kappa shape index (κ1) is 19.4. The Labute approximate surface area is 169 Å². The number of nitrogens with zero attached hydrogens (tertiary/aromatic N) is 2. The lowest BCUT2D eigenvalue weighted by molar-refractivity contribution is 0.0728. The fraction of sp³-hybridized carbons (Fsp3) is 0.238. The van der Waals surface area contributed by atoms with Gasteiger partial charge in [-0.15, -0.1) is 0 Å². The molecule has 0 unspecified atom stereocenters. The van der Waals surface area contributed by atoms with Crippen LogP contribution in [0.3, 0.4) is 0 Å². The quantitative estimate of drug-likeness (QED) is 0.676. The van der Waals surface area contributed by atoms with E-state index in [0.29, 0.717) is 25.2 Å². The van der Waals surface area contributed by atoms with Crippen molar-refractivity contribution >= 4 is 15.9 Å². The summed E-state index contributed by atoms with van der Waals surface area (Å²) in [6.07, 6.45) is 2.22. The van der Waals surface area contributed by atoms with Crippen LogP contribution in [-0.2, 0) is 23.0 Å². The number of fused-ring (bicyclic) bond motifs is 1. The summed E-state index contributed by atoms with van der Waals surface area (Å²) in [4.78, 5) is 14.5. The minimum Gasteiger partial charge on any atom is -0.333 e. The van der Waals surface area contributed by atoms with E-state index in [2.05, 4.69) is 14.9 Å². The van der Waals surface area contributed by atoms with Gasteiger partial charge in [-0.2, -0.15) is 5.10 Å². The number of carbonyl (C=O) groups is 1. The Morgan fingerprint density at radius 1 is 1.14 bits per heavy atom. The van der Waals surface area contributed by atoms with Gasteiger partial charge in [0.05, 0.1) is 4.90 Å². The molecule has 2 aromatic carbocycles. The molecule has 7 nitrogen and oxygen atoms in total. The minimum absolute atomic E-state index is 0.141. The molecule has 1 atom stereocenters. The molecule has 0 saturated heterocycles. The Morgan fingerprint density at radius 3 is 2.66 bits per heavy atom. The van der Waals surface area contributed by atoms with E-state index in [9.17, 15) is 13.2 Å². The van der Waals surface area contributed by atoms with Crippen molar-refractivity contribution in [3.05, 3.63) is 83.2 Å². The average molecular weight is 410 g/mol. The first-order chi connectivity index (χ1) is 13.9. The first-order valence-electron chi connectivity index (χ1n) is 9.42. The Balaban J connectivity index is 1.54. The first-order valence-corrected chi connectivity index (χ1v) is 10.9. The molecule has 0 spiro atoms. The van der Waals surface area contributed by atoms with Crippen molar-refractivity contribution in [1.29, 1.82) is 0 Å². The van der Waals surface area contributed by atoms with E-state index in [-0.39, 0.29) is 16.8 Å². The molecule has 3 aromatic rings. The summed E-state index contributed by atoms with van der Waals surface area (Å²) < 4.78 is 28.5. The Bertz CT molecular complexity index is 1110. The van der Waals surface area contributed by atoms with Gasteiger partial charge in [0.1, 0.15) is 5.69 Å². The van der Waals surface area contributed by atoms with Crippen LogP contribution in [-0.4, -0.2) is 36.0 Å². The van der Waals surface area contributed by atoms with E-state index in [1.54, 1.807) is 23.1 Å². The molecule has 2 heterocycles. The van der Waals surface area contributed by atoms with Crippen LogP contribution in [0, 0.1) is 0 Å². The van der Waals surface area contributed by atoms with E-state index >= 15 is 0 Å². The van der Waals surface area contributed by atoms with Crippen molar-refractivity contribution in [2.75, 3.05) is 6.54 Å². The third kappa shape index (κ3) is 4.08. The molecule has 8 heteroatoms. The van der Waals surface area contributed by atoms with Crippen molar-refractivity contribution in [2.45, 2.75) is 30.8 Å². The molecule has 1 amide bonds. The molecule has 1 aromatic heterocycles. The van der Waals surface area contributed by atoms with Gasteiger partial charge in [0.25, 0.3) is 5.91 Å². The fourth-order valence-corrected chi connectivity index (χ4v) is 4.81. The molecule has 1 aliphatic rings. The standard InChI is InChI=1S/C21H22N4O3S/c1-15(16-5-3-2-4-6-16)24-29(27,28)19-8-7-17-10-12-25(14-18(17)13-19)21(26)20-9-11-22-23-20/h2-9,11,13,15,24H,10,12,14H2,1H3,(H,22,23)/t15-/m1/s1. The van der Waals surface area contributed by atoms with Crippen LogP contribution in [0.1, 0.15) is 40.1 Å². The van der Waals surface area contributed by atoms with E-state index in [4.69, 9.17) is 0 Å². The number of sulfonamides is 1. The number of hydrogen-bond donors (Lipinski definition) is 2. The van der Waals surface area contributed by atoms with E-state index in [0.717, 1.165) is 16.7 Å². The van der Waals surface area contributed by atoms with Gasteiger partial charge in [-0.3, -0.25) is 9.89 Å². The molecule has 0 aliphatic carbocycles. The number of benzene rings is 2. The summed E-state index contributed by atoms with van der Waals surface area (Å²) in [6.45, 7) is 2.76. The second-order valence-electron chi connectivity index (χ2n) is 7.13. The monoisotopic (exact) mass is 410 g/mol. The molecule has 4 rings (SSSR count). The zero-order valence-electron chi connectivity index (χ0n) is 16.0. The molecular formula is C21H22N4O3S. The molecule has 0 fully saturated rings. The highest BCUT2D eigenvalue weighted by Gasteiger charge is 2.25. The summed E-state index contributed by atoms with van der Waals surface area (Å²) in [5.41, 5.74) is 3.23. The van der Waals surface area contributed by atoms with Crippen LogP contribution in [0.15, 0.2) is 65.7 Å². The largest absolute Gasteiger partial charge is 0.333 e.